The molecule has 1 N–H and O–H groups in total. The zero-order valence-electron chi connectivity index (χ0n) is 10.8. The molecule has 0 fully saturated rings. The van der Waals surface area contributed by atoms with E-state index in [1.165, 1.54) is 0 Å². The second-order valence-electron chi connectivity index (χ2n) is 4.45. The van der Waals surface area contributed by atoms with Gasteiger partial charge in [0.1, 0.15) is 0 Å². The summed E-state index contributed by atoms with van der Waals surface area (Å²) in [7, 11) is 1.69. The molecule has 0 bridgehead atoms. The SMILES string of the molecule is Cc1cccc(-c2noc(CN(C)CC(=O)O)n2)c1. The van der Waals surface area contributed by atoms with Crippen molar-refractivity contribution in [3.8, 4) is 11.4 Å². The van der Waals surface area contributed by atoms with Crippen molar-refractivity contribution in [3.05, 3.63) is 35.7 Å². The first-order valence-electron chi connectivity index (χ1n) is 5.84. The molecule has 2 rings (SSSR count). The molecule has 0 saturated carbocycles. The largest absolute Gasteiger partial charge is 0.480 e. The van der Waals surface area contributed by atoms with Gasteiger partial charge in [-0.05, 0) is 20.0 Å². The lowest BCUT2D eigenvalue weighted by atomic mass is 10.1. The second kappa shape index (κ2) is 5.62. The Kier molecular flexibility index (Phi) is 3.91. The van der Waals surface area contributed by atoms with Gasteiger partial charge in [-0.3, -0.25) is 9.69 Å². The van der Waals surface area contributed by atoms with Gasteiger partial charge in [0.15, 0.2) is 0 Å². The van der Waals surface area contributed by atoms with Crippen LogP contribution in [0, 0.1) is 6.92 Å². The molecule has 6 heteroatoms. The number of hydrogen-bond acceptors (Lipinski definition) is 5. The molecule has 100 valence electrons. The van der Waals surface area contributed by atoms with Gasteiger partial charge in [0.25, 0.3) is 0 Å². The number of hydrogen-bond donors (Lipinski definition) is 1. The van der Waals surface area contributed by atoms with E-state index in [4.69, 9.17) is 9.63 Å². The lowest BCUT2D eigenvalue weighted by Gasteiger charge is -2.09. The normalized spacial score (nSPS) is 10.9. The van der Waals surface area contributed by atoms with Crippen molar-refractivity contribution < 1.29 is 14.4 Å². The van der Waals surface area contributed by atoms with Gasteiger partial charge in [0.2, 0.25) is 11.7 Å². The van der Waals surface area contributed by atoms with Gasteiger partial charge < -0.3 is 9.63 Å². The average Bonchev–Trinajstić information content (AvgIpc) is 2.76. The van der Waals surface area contributed by atoms with Gasteiger partial charge in [0.05, 0.1) is 13.1 Å². The number of aromatic nitrogens is 2. The molecule has 1 aromatic heterocycles. The number of aliphatic carboxylic acids is 1. The predicted octanol–water partition coefficient (Wildman–Crippen LogP) is 1.56. The van der Waals surface area contributed by atoms with Gasteiger partial charge in [0, 0.05) is 5.56 Å². The Morgan fingerprint density at radius 2 is 2.26 bits per heavy atom. The van der Waals surface area contributed by atoms with Crippen LogP contribution in [0.2, 0.25) is 0 Å². The van der Waals surface area contributed by atoms with E-state index in [-0.39, 0.29) is 6.54 Å². The van der Waals surface area contributed by atoms with Gasteiger partial charge in [-0.1, -0.05) is 28.9 Å². The van der Waals surface area contributed by atoms with Crippen LogP contribution in [-0.4, -0.2) is 39.7 Å². The topological polar surface area (TPSA) is 79.5 Å². The quantitative estimate of drug-likeness (QED) is 0.879. The van der Waals surface area contributed by atoms with Crippen molar-refractivity contribution in [2.24, 2.45) is 0 Å². The summed E-state index contributed by atoms with van der Waals surface area (Å²) >= 11 is 0. The maximum Gasteiger partial charge on any atom is 0.317 e. The van der Waals surface area contributed by atoms with E-state index >= 15 is 0 Å². The number of aryl methyl sites for hydroxylation is 1. The Balaban J connectivity index is 2.09. The molecule has 0 spiro atoms. The molecule has 0 saturated heterocycles. The minimum absolute atomic E-state index is 0.0673. The highest BCUT2D eigenvalue weighted by Gasteiger charge is 2.12. The highest BCUT2D eigenvalue weighted by atomic mass is 16.5. The first-order chi connectivity index (χ1) is 9.04. The van der Waals surface area contributed by atoms with Crippen molar-refractivity contribution in [3.63, 3.8) is 0 Å². The van der Waals surface area contributed by atoms with E-state index in [1.807, 2.05) is 31.2 Å². The first kappa shape index (κ1) is 13.2. The summed E-state index contributed by atoms with van der Waals surface area (Å²) in [6, 6.07) is 7.79. The smallest absolute Gasteiger partial charge is 0.317 e. The molecule has 19 heavy (non-hydrogen) atoms. The third-order valence-corrected chi connectivity index (χ3v) is 2.55. The fourth-order valence-electron chi connectivity index (χ4n) is 1.74. The van der Waals surface area contributed by atoms with Gasteiger partial charge >= 0.3 is 5.97 Å². The number of benzene rings is 1. The number of nitrogens with zero attached hydrogens (tertiary/aromatic N) is 3. The summed E-state index contributed by atoms with van der Waals surface area (Å²) in [5.41, 5.74) is 2.00. The molecular formula is C13H15N3O3. The molecule has 0 amide bonds. The van der Waals surface area contributed by atoms with Gasteiger partial charge in [-0.2, -0.15) is 4.98 Å². The maximum absolute atomic E-state index is 10.6. The highest BCUT2D eigenvalue weighted by molar-refractivity contribution is 5.69. The van der Waals surface area contributed by atoms with Crippen LogP contribution >= 0.6 is 0 Å². The number of likely N-dealkylation sites (N-methyl/N-ethyl adjacent to an activating group) is 1. The zero-order chi connectivity index (χ0) is 13.8. The number of rotatable bonds is 5. The first-order valence-corrected chi connectivity index (χ1v) is 5.84. The summed E-state index contributed by atoms with van der Waals surface area (Å²) < 4.78 is 5.12. The zero-order valence-corrected chi connectivity index (χ0v) is 10.8. The molecule has 0 aliphatic carbocycles. The van der Waals surface area contributed by atoms with E-state index in [1.54, 1.807) is 11.9 Å². The molecule has 0 atom stereocenters. The summed E-state index contributed by atoms with van der Waals surface area (Å²) in [6.45, 7) is 2.23. The third-order valence-electron chi connectivity index (χ3n) is 2.55. The second-order valence-corrected chi connectivity index (χ2v) is 4.45. The minimum Gasteiger partial charge on any atom is -0.480 e. The van der Waals surface area contributed by atoms with Crippen molar-refractivity contribution in [1.29, 1.82) is 0 Å². The van der Waals surface area contributed by atoms with Crippen LogP contribution in [0.5, 0.6) is 0 Å². The standard InChI is InChI=1S/C13H15N3O3/c1-9-4-3-5-10(6-9)13-14-11(19-15-13)7-16(2)8-12(17)18/h3-6H,7-8H2,1-2H3,(H,17,18). The van der Waals surface area contributed by atoms with E-state index in [0.717, 1.165) is 11.1 Å². The molecule has 0 radical (unpaired) electrons. The molecule has 0 aliphatic rings. The van der Waals surface area contributed by atoms with Gasteiger partial charge in [-0.25, -0.2) is 0 Å². The Hall–Kier alpha value is -2.21. The van der Waals surface area contributed by atoms with Crippen LogP contribution < -0.4 is 0 Å². The lowest BCUT2D eigenvalue weighted by Crippen LogP contribution is -2.25. The van der Waals surface area contributed by atoms with Crippen molar-refractivity contribution in [2.45, 2.75) is 13.5 Å². The van der Waals surface area contributed by atoms with E-state index in [2.05, 4.69) is 10.1 Å². The highest BCUT2D eigenvalue weighted by Crippen LogP contribution is 2.17. The minimum atomic E-state index is -0.888. The molecule has 0 aliphatic heterocycles. The van der Waals surface area contributed by atoms with E-state index < -0.39 is 5.97 Å². The lowest BCUT2D eigenvalue weighted by molar-refractivity contribution is -0.138. The average molecular weight is 261 g/mol. The Morgan fingerprint density at radius 1 is 1.47 bits per heavy atom. The molecule has 0 unspecified atom stereocenters. The molecule has 2 aromatic rings. The summed E-state index contributed by atoms with van der Waals surface area (Å²) in [5, 5.41) is 12.6. The summed E-state index contributed by atoms with van der Waals surface area (Å²) in [5.74, 6) is 0.0311. The van der Waals surface area contributed by atoms with Crippen molar-refractivity contribution in [2.75, 3.05) is 13.6 Å². The number of carboxylic acids is 1. The Bertz CT molecular complexity index is 580. The maximum atomic E-state index is 10.6. The van der Waals surface area contributed by atoms with Crippen LogP contribution in [0.3, 0.4) is 0 Å². The predicted molar refractivity (Wildman–Crippen MR) is 68.4 cm³/mol. The van der Waals surface area contributed by atoms with E-state index in [9.17, 15) is 4.79 Å². The molecule has 6 nitrogen and oxygen atoms in total. The van der Waals surface area contributed by atoms with Crippen molar-refractivity contribution >= 4 is 5.97 Å². The fourth-order valence-corrected chi connectivity index (χ4v) is 1.74. The van der Waals surface area contributed by atoms with Crippen LogP contribution in [0.1, 0.15) is 11.5 Å². The third kappa shape index (κ3) is 3.62. The van der Waals surface area contributed by atoms with Gasteiger partial charge in [-0.15, -0.1) is 0 Å². The van der Waals surface area contributed by atoms with Crippen LogP contribution in [0.25, 0.3) is 11.4 Å². The summed E-state index contributed by atoms with van der Waals surface area (Å²) in [6.07, 6.45) is 0. The summed E-state index contributed by atoms with van der Waals surface area (Å²) in [4.78, 5) is 16.4. The van der Waals surface area contributed by atoms with Crippen molar-refractivity contribution in [1.82, 2.24) is 15.0 Å². The molecular weight excluding hydrogens is 246 g/mol. The Labute approximate surface area is 110 Å². The monoisotopic (exact) mass is 261 g/mol. The molecule has 1 aromatic carbocycles. The van der Waals surface area contributed by atoms with Crippen LogP contribution in [0.15, 0.2) is 28.8 Å². The van der Waals surface area contributed by atoms with E-state index in [0.29, 0.717) is 18.3 Å². The fraction of sp³-hybridized carbons (Fsp3) is 0.308. The molecule has 1 heterocycles. The number of carbonyl (C=O) groups is 1. The van der Waals surface area contributed by atoms with Crippen LogP contribution in [-0.2, 0) is 11.3 Å². The number of carboxylic acid groups (broad SMARTS) is 1. The Morgan fingerprint density at radius 3 is 2.95 bits per heavy atom. The van der Waals surface area contributed by atoms with Crippen LogP contribution in [0.4, 0.5) is 0 Å².